The van der Waals surface area contributed by atoms with E-state index >= 15 is 0 Å². The van der Waals surface area contributed by atoms with Crippen molar-refractivity contribution in [2.24, 2.45) is 16.9 Å². The van der Waals surface area contributed by atoms with Crippen molar-refractivity contribution in [3.05, 3.63) is 29.3 Å². The molecule has 0 aliphatic carbocycles. The molecule has 5 aliphatic heterocycles. The molecule has 5 heterocycles. The van der Waals surface area contributed by atoms with Crippen molar-refractivity contribution >= 4 is 17.3 Å². The van der Waals surface area contributed by atoms with Crippen molar-refractivity contribution in [2.45, 2.75) is 43.4 Å². The van der Waals surface area contributed by atoms with Crippen LogP contribution >= 0.6 is 0 Å². The molecule has 0 aromatic heterocycles. The van der Waals surface area contributed by atoms with Gasteiger partial charge in [0.05, 0.1) is 73.3 Å². The Labute approximate surface area is 193 Å². The van der Waals surface area contributed by atoms with Gasteiger partial charge < -0.3 is 14.2 Å². The SMILES string of the molecule is C[C@@]12C/C(=N/N3CCOCC3)[C@]3(CCO[C@H]4[C@@H]3[C@@H]1C(=O)N4c1ccc(C#N)c(C(F)(F)F)c1)O2. The van der Waals surface area contributed by atoms with Gasteiger partial charge in [-0.3, -0.25) is 14.7 Å². The maximum Gasteiger partial charge on any atom is 0.417 e. The third-order valence-corrected chi connectivity index (χ3v) is 7.76. The molecule has 6 rings (SSSR count). The third kappa shape index (κ3) is 2.88. The minimum absolute atomic E-state index is 0.0717. The fourth-order valence-electron chi connectivity index (χ4n) is 6.43. The Morgan fingerprint density at radius 2 is 2.00 bits per heavy atom. The Balaban J connectivity index is 1.41. The molecule has 5 fully saturated rings. The summed E-state index contributed by atoms with van der Waals surface area (Å²) in [5.41, 5.74) is -2.21. The summed E-state index contributed by atoms with van der Waals surface area (Å²) in [5, 5.41) is 16.0. The van der Waals surface area contributed by atoms with E-state index < -0.39 is 40.7 Å². The standard InChI is InChI=1S/C23H23F3N4O4/c1-21-11-16(28-29-5-8-32-9-6-29)22(34-21)4-7-33-20-18(22)17(21)19(31)30(20)14-3-2-13(12-27)15(10-14)23(24,25)26/h2-3,10,17-18,20H,4-9,11H2,1H3/b28-16-/t17-,18+,20+,21-,22+/m1/s1. The van der Waals surface area contributed by atoms with Crippen LogP contribution in [0.3, 0.4) is 0 Å². The highest BCUT2D eigenvalue weighted by atomic mass is 19.4. The van der Waals surface area contributed by atoms with Gasteiger partial charge in [-0.25, -0.2) is 0 Å². The second kappa shape index (κ2) is 7.16. The molecule has 1 aromatic rings. The van der Waals surface area contributed by atoms with Crippen LogP contribution in [0.4, 0.5) is 18.9 Å². The molecule has 5 aliphatic rings. The van der Waals surface area contributed by atoms with Gasteiger partial charge in [0.2, 0.25) is 5.91 Å². The van der Waals surface area contributed by atoms with Crippen molar-refractivity contribution in [3.63, 3.8) is 0 Å². The summed E-state index contributed by atoms with van der Waals surface area (Å²) in [4.78, 5) is 15.0. The number of amides is 1. The lowest BCUT2D eigenvalue weighted by molar-refractivity contribution is -0.138. The van der Waals surface area contributed by atoms with Gasteiger partial charge in [-0.2, -0.15) is 23.5 Å². The van der Waals surface area contributed by atoms with Crippen molar-refractivity contribution in [3.8, 4) is 6.07 Å². The van der Waals surface area contributed by atoms with Gasteiger partial charge in [-0.15, -0.1) is 0 Å². The number of rotatable bonds is 2. The van der Waals surface area contributed by atoms with Crippen molar-refractivity contribution in [2.75, 3.05) is 37.8 Å². The highest BCUT2D eigenvalue weighted by Crippen LogP contribution is 2.64. The van der Waals surface area contributed by atoms with E-state index in [2.05, 4.69) is 0 Å². The number of anilines is 1. The molecule has 1 amide bonds. The van der Waals surface area contributed by atoms with E-state index in [-0.39, 0.29) is 24.1 Å². The van der Waals surface area contributed by atoms with Gasteiger partial charge in [0, 0.05) is 18.5 Å². The summed E-state index contributed by atoms with van der Waals surface area (Å²) in [7, 11) is 0. The van der Waals surface area contributed by atoms with Crippen LogP contribution in [-0.4, -0.2) is 67.0 Å². The Morgan fingerprint density at radius 3 is 2.71 bits per heavy atom. The number of morpholine rings is 1. The lowest BCUT2D eigenvalue weighted by Crippen LogP contribution is -2.55. The number of nitriles is 1. The zero-order valence-corrected chi connectivity index (χ0v) is 18.5. The van der Waals surface area contributed by atoms with Crippen LogP contribution in [0.15, 0.2) is 23.3 Å². The molecular formula is C23H23F3N4O4. The third-order valence-electron chi connectivity index (χ3n) is 7.76. The van der Waals surface area contributed by atoms with E-state index in [1.54, 1.807) is 6.07 Å². The van der Waals surface area contributed by atoms with Crippen molar-refractivity contribution in [1.29, 1.82) is 5.26 Å². The summed E-state index contributed by atoms with van der Waals surface area (Å²) in [6.45, 7) is 4.69. The number of benzene rings is 1. The quantitative estimate of drug-likeness (QED) is 0.652. The largest absolute Gasteiger partial charge is 0.417 e. The average Bonchev–Trinajstić information content (AvgIpc) is 3.37. The fourth-order valence-corrected chi connectivity index (χ4v) is 6.43. The Hall–Kier alpha value is -2.68. The molecule has 5 saturated heterocycles. The number of nitrogens with zero attached hydrogens (tertiary/aromatic N) is 4. The molecule has 8 nitrogen and oxygen atoms in total. The van der Waals surface area contributed by atoms with E-state index in [0.717, 1.165) is 17.8 Å². The zero-order chi connectivity index (χ0) is 23.9. The fraction of sp³-hybridized carbons (Fsp3) is 0.609. The Bertz CT molecular complexity index is 1130. The van der Waals surface area contributed by atoms with Crippen LogP contribution in [-0.2, 0) is 25.2 Å². The summed E-state index contributed by atoms with van der Waals surface area (Å²) < 4.78 is 58.8. The second-order valence-electron chi connectivity index (χ2n) is 9.66. The van der Waals surface area contributed by atoms with Crippen molar-refractivity contribution < 1.29 is 32.2 Å². The van der Waals surface area contributed by atoms with Crippen LogP contribution in [0.25, 0.3) is 0 Å². The van der Waals surface area contributed by atoms with E-state index in [1.807, 2.05) is 11.9 Å². The normalized spacial score (nSPS) is 37.9. The number of halogens is 3. The molecule has 1 aromatic carbocycles. The molecule has 0 saturated carbocycles. The predicted octanol–water partition coefficient (Wildman–Crippen LogP) is 2.52. The number of carbonyl (C=O) groups is 1. The average molecular weight is 476 g/mol. The molecule has 180 valence electrons. The van der Waals surface area contributed by atoms with E-state index in [1.165, 1.54) is 11.0 Å². The van der Waals surface area contributed by atoms with E-state index in [0.29, 0.717) is 39.1 Å². The first kappa shape index (κ1) is 21.8. The van der Waals surface area contributed by atoms with Gasteiger partial charge in [0.15, 0.2) is 0 Å². The van der Waals surface area contributed by atoms with Crippen LogP contribution in [0, 0.1) is 23.2 Å². The second-order valence-corrected chi connectivity index (χ2v) is 9.66. The van der Waals surface area contributed by atoms with Gasteiger partial charge in [0.1, 0.15) is 11.8 Å². The summed E-state index contributed by atoms with van der Waals surface area (Å²) >= 11 is 0. The monoisotopic (exact) mass is 476 g/mol. The number of ether oxygens (including phenoxy) is 3. The molecule has 1 spiro atoms. The maximum atomic E-state index is 13.7. The van der Waals surface area contributed by atoms with Crippen LogP contribution in [0.1, 0.15) is 30.9 Å². The molecule has 0 unspecified atom stereocenters. The van der Waals surface area contributed by atoms with Crippen LogP contribution in [0.2, 0.25) is 0 Å². The summed E-state index contributed by atoms with van der Waals surface area (Å²) in [6.07, 6.45) is -4.47. The van der Waals surface area contributed by atoms with Gasteiger partial charge in [-0.05, 0) is 25.1 Å². The van der Waals surface area contributed by atoms with E-state index in [9.17, 15) is 18.0 Å². The molecule has 0 N–H and O–H groups in total. The number of fused-ring (bicyclic) bond motifs is 2. The lowest BCUT2D eigenvalue weighted by Gasteiger charge is -2.42. The molecule has 0 radical (unpaired) electrons. The maximum absolute atomic E-state index is 13.7. The minimum atomic E-state index is -4.72. The highest BCUT2D eigenvalue weighted by molar-refractivity contribution is 6.06. The van der Waals surface area contributed by atoms with Crippen molar-refractivity contribution in [1.82, 2.24) is 5.01 Å². The molecule has 2 bridgehead atoms. The topological polar surface area (TPSA) is 87.4 Å². The molecule has 5 atom stereocenters. The highest BCUT2D eigenvalue weighted by Gasteiger charge is 2.77. The number of hydrazone groups is 1. The van der Waals surface area contributed by atoms with Gasteiger partial charge in [0.25, 0.3) is 0 Å². The molecular weight excluding hydrogens is 453 g/mol. The zero-order valence-electron chi connectivity index (χ0n) is 18.5. The van der Waals surface area contributed by atoms with Crippen LogP contribution in [0.5, 0.6) is 0 Å². The summed E-state index contributed by atoms with van der Waals surface area (Å²) in [5.74, 6) is -1.24. The molecule has 34 heavy (non-hydrogen) atoms. The Kier molecular flexibility index (Phi) is 4.60. The Morgan fingerprint density at radius 1 is 1.24 bits per heavy atom. The van der Waals surface area contributed by atoms with Gasteiger partial charge in [-0.1, -0.05) is 0 Å². The van der Waals surface area contributed by atoms with Crippen LogP contribution < -0.4 is 4.90 Å². The number of hydrogen-bond acceptors (Lipinski definition) is 7. The van der Waals surface area contributed by atoms with E-state index in [4.69, 9.17) is 24.6 Å². The first-order valence-corrected chi connectivity index (χ1v) is 11.3. The molecule has 11 heteroatoms. The smallest absolute Gasteiger partial charge is 0.378 e. The predicted molar refractivity (Wildman–Crippen MR) is 112 cm³/mol. The number of alkyl halides is 3. The first-order chi connectivity index (χ1) is 16.2. The summed E-state index contributed by atoms with van der Waals surface area (Å²) in [6, 6.07) is 4.94. The first-order valence-electron chi connectivity index (χ1n) is 11.3. The lowest BCUT2D eigenvalue weighted by atomic mass is 9.65. The van der Waals surface area contributed by atoms with Gasteiger partial charge >= 0.3 is 6.18 Å². The minimum Gasteiger partial charge on any atom is -0.378 e. The number of hydrogen-bond donors (Lipinski definition) is 0. The number of carbonyl (C=O) groups excluding carboxylic acids is 1.